The third-order valence-electron chi connectivity index (χ3n) is 3.35. The molecule has 2 aromatic rings. The second kappa shape index (κ2) is 8.84. The topological polar surface area (TPSA) is 134 Å². The number of nitrogens with two attached hydrogens (primary N) is 1. The maximum Gasteiger partial charge on any atom is 0.267 e. The quantitative estimate of drug-likeness (QED) is 0.493. The molecule has 0 radical (unpaired) electrons. The number of nitrogens with zero attached hydrogens (tertiary/aromatic N) is 1. The van der Waals surface area contributed by atoms with Crippen LogP contribution in [0.3, 0.4) is 0 Å². The maximum absolute atomic E-state index is 12.2. The van der Waals surface area contributed by atoms with Crippen molar-refractivity contribution in [1.82, 2.24) is 0 Å². The highest BCUT2D eigenvalue weighted by molar-refractivity contribution is 7.89. The van der Waals surface area contributed by atoms with Gasteiger partial charge in [-0.2, -0.15) is 5.26 Å². The van der Waals surface area contributed by atoms with Crippen LogP contribution in [0.1, 0.15) is 6.92 Å². The summed E-state index contributed by atoms with van der Waals surface area (Å²) < 4.78 is 27.8. The van der Waals surface area contributed by atoms with E-state index in [0.29, 0.717) is 23.7 Å². The summed E-state index contributed by atoms with van der Waals surface area (Å²) in [4.78, 5) is 12.2. The Morgan fingerprint density at radius 3 is 2.26 bits per heavy atom. The van der Waals surface area contributed by atoms with Gasteiger partial charge in [0.1, 0.15) is 17.4 Å². The molecule has 2 rings (SSSR count). The van der Waals surface area contributed by atoms with E-state index in [1.165, 1.54) is 30.5 Å². The van der Waals surface area contributed by atoms with Gasteiger partial charge in [-0.1, -0.05) is 0 Å². The van der Waals surface area contributed by atoms with E-state index in [9.17, 15) is 18.5 Å². The maximum atomic E-state index is 12.2. The summed E-state index contributed by atoms with van der Waals surface area (Å²) in [5, 5.41) is 19.6. The SMILES string of the molecule is CCOc1ccc(NC(=O)/C(C#N)=C\Nc2ccc(S(N)(=O)=O)cc2)cc1. The van der Waals surface area contributed by atoms with Crippen molar-refractivity contribution in [2.24, 2.45) is 5.14 Å². The highest BCUT2D eigenvalue weighted by Crippen LogP contribution is 2.17. The van der Waals surface area contributed by atoms with E-state index in [1.54, 1.807) is 30.3 Å². The van der Waals surface area contributed by atoms with Crippen molar-refractivity contribution in [3.05, 3.63) is 60.3 Å². The molecule has 4 N–H and O–H groups in total. The van der Waals surface area contributed by atoms with Crippen LogP contribution in [0.25, 0.3) is 0 Å². The molecule has 27 heavy (non-hydrogen) atoms. The van der Waals surface area contributed by atoms with Crippen LogP contribution < -0.4 is 20.5 Å². The minimum absolute atomic E-state index is 0.0363. The van der Waals surface area contributed by atoms with Crippen LogP contribution in [-0.4, -0.2) is 20.9 Å². The Labute approximate surface area is 157 Å². The fourth-order valence-corrected chi connectivity index (χ4v) is 2.56. The zero-order valence-corrected chi connectivity index (χ0v) is 15.3. The monoisotopic (exact) mass is 386 g/mol. The van der Waals surface area contributed by atoms with E-state index in [4.69, 9.17) is 9.88 Å². The zero-order chi connectivity index (χ0) is 19.9. The predicted octanol–water partition coefficient (Wildman–Crippen LogP) is 2.19. The van der Waals surface area contributed by atoms with Crippen molar-refractivity contribution < 1.29 is 17.9 Å². The summed E-state index contributed by atoms with van der Waals surface area (Å²) in [6, 6.07) is 14.1. The number of rotatable bonds is 7. The molecule has 1 amide bonds. The Morgan fingerprint density at radius 1 is 1.15 bits per heavy atom. The Hall–Kier alpha value is -3.35. The van der Waals surface area contributed by atoms with E-state index in [0.717, 1.165) is 0 Å². The van der Waals surface area contributed by atoms with Gasteiger partial charge in [-0.25, -0.2) is 13.6 Å². The van der Waals surface area contributed by atoms with E-state index in [1.807, 2.05) is 6.92 Å². The van der Waals surface area contributed by atoms with Crippen molar-refractivity contribution in [3.63, 3.8) is 0 Å². The minimum Gasteiger partial charge on any atom is -0.494 e. The van der Waals surface area contributed by atoms with E-state index >= 15 is 0 Å². The first-order valence-corrected chi connectivity index (χ1v) is 9.42. The third-order valence-corrected chi connectivity index (χ3v) is 4.28. The van der Waals surface area contributed by atoms with Gasteiger partial charge >= 0.3 is 0 Å². The molecule has 0 heterocycles. The number of nitrogens with one attached hydrogen (secondary N) is 2. The van der Waals surface area contributed by atoms with Gasteiger partial charge in [-0.05, 0) is 55.5 Å². The molecule has 0 saturated heterocycles. The molecular formula is C18H18N4O4S. The molecule has 0 aliphatic rings. The van der Waals surface area contributed by atoms with Gasteiger partial charge in [0.15, 0.2) is 0 Å². The Balaban J connectivity index is 2.04. The predicted molar refractivity (Wildman–Crippen MR) is 101 cm³/mol. The molecule has 2 aromatic carbocycles. The highest BCUT2D eigenvalue weighted by Gasteiger charge is 2.10. The second-order valence-electron chi connectivity index (χ2n) is 5.30. The van der Waals surface area contributed by atoms with Crippen molar-refractivity contribution in [2.75, 3.05) is 17.2 Å². The molecule has 8 nitrogen and oxygen atoms in total. The van der Waals surface area contributed by atoms with Gasteiger partial charge in [0.2, 0.25) is 10.0 Å². The standard InChI is InChI=1S/C18H18N4O4S/c1-2-26-16-7-3-15(4-8-16)22-18(23)13(11-19)12-21-14-5-9-17(10-6-14)27(20,24)25/h3-10,12,21H,2H2,1H3,(H,22,23)(H2,20,24,25)/b13-12-. The van der Waals surface area contributed by atoms with Crippen LogP contribution in [0.4, 0.5) is 11.4 Å². The molecule has 0 bridgehead atoms. The Morgan fingerprint density at radius 2 is 1.74 bits per heavy atom. The molecule has 0 fully saturated rings. The Kier molecular flexibility index (Phi) is 6.54. The smallest absolute Gasteiger partial charge is 0.267 e. The van der Waals surface area contributed by atoms with Crippen molar-refractivity contribution >= 4 is 27.3 Å². The fourth-order valence-electron chi connectivity index (χ4n) is 2.04. The zero-order valence-electron chi connectivity index (χ0n) is 14.5. The molecular weight excluding hydrogens is 368 g/mol. The summed E-state index contributed by atoms with van der Waals surface area (Å²) in [5.41, 5.74) is 0.852. The molecule has 0 atom stereocenters. The first-order valence-electron chi connectivity index (χ1n) is 7.87. The Bertz CT molecular complexity index is 976. The minimum atomic E-state index is -3.78. The number of anilines is 2. The molecule has 140 valence electrons. The number of ether oxygens (including phenoxy) is 1. The number of carbonyl (C=O) groups is 1. The summed E-state index contributed by atoms with van der Waals surface area (Å²) in [6.45, 7) is 2.41. The normalized spacial score (nSPS) is 11.4. The lowest BCUT2D eigenvalue weighted by molar-refractivity contribution is -0.112. The van der Waals surface area contributed by atoms with Crippen molar-refractivity contribution in [3.8, 4) is 11.8 Å². The summed E-state index contributed by atoms with van der Waals surface area (Å²) in [6.07, 6.45) is 1.23. The van der Waals surface area contributed by atoms with Crippen LogP contribution in [0.2, 0.25) is 0 Å². The van der Waals surface area contributed by atoms with E-state index in [2.05, 4.69) is 10.6 Å². The van der Waals surface area contributed by atoms with Crippen LogP contribution in [0.15, 0.2) is 65.2 Å². The number of sulfonamides is 1. The highest BCUT2D eigenvalue weighted by atomic mass is 32.2. The molecule has 0 spiro atoms. The van der Waals surface area contributed by atoms with Gasteiger partial charge in [0.05, 0.1) is 11.5 Å². The van der Waals surface area contributed by atoms with Gasteiger partial charge in [-0.15, -0.1) is 0 Å². The van der Waals surface area contributed by atoms with Gasteiger partial charge in [0, 0.05) is 17.6 Å². The van der Waals surface area contributed by atoms with Gasteiger partial charge in [-0.3, -0.25) is 4.79 Å². The molecule has 0 aliphatic carbocycles. The van der Waals surface area contributed by atoms with Crippen LogP contribution in [0, 0.1) is 11.3 Å². The van der Waals surface area contributed by atoms with Crippen LogP contribution in [0.5, 0.6) is 5.75 Å². The number of carbonyl (C=O) groups excluding carboxylic acids is 1. The average Bonchev–Trinajstić information content (AvgIpc) is 2.64. The first-order chi connectivity index (χ1) is 12.8. The van der Waals surface area contributed by atoms with Crippen LogP contribution in [-0.2, 0) is 14.8 Å². The third kappa shape index (κ3) is 5.85. The van der Waals surface area contributed by atoms with Crippen molar-refractivity contribution in [1.29, 1.82) is 5.26 Å². The number of hydrogen-bond acceptors (Lipinski definition) is 6. The lowest BCUT2D eigenvalue weighted by Gasteiger charge is -2.07. The van der Waals surface area contributed by atoms with Crippen molar-refractivity contribution in [2.45, 2.75) is 11.8 Å². The number of amides is 1. The van der Waals surface area contributed by atoms with E-state index < -0.39 is 15.9 Å². The van der Waals surface area contributed by atoms with Gasteiger partial charge < -0.3 is 15.4 Å². The number of hydrogen-bond donors (Lipinski definition) is 3. The van der Waals surface area contributed by atoms with Gasteiger partial charge in [0.25, 0.3) is 5.91 Å². The molecule has 0 saturated carbocycles. The molecule has 0 aromatic heterocycles. The first kappa shape index (κ1) is 20.0. The van der Waals surface area contributed by atoms with Crippen LogP contribution >= 0.6 is 0 Å². The number of primary sulfonamides is 1. The van der Waals surface area contributed by atoms with E-state index in [-0.39, 0.29) is 10.5 Å². The second-order valence-corrected chi connectivity index (χ2v) is 6.86. The number of benzene rings is 2. The largest absolute Gasteiger partial charge is 0.494 e. The molecule has 0 unspecified atom stereocenters. The summed E-state index contributed by atoms with van der Waals surface area (Å²) >= 11 is 0. The summed E-state index contributed by atoms with van der Waals surface area (Å²) in [7, 11) is -3.78. The number of nitriles is 1. The molecule has 0 aliphatic heterocycles. The lowest BCUT2D eigenvalue weighted by atomic mass is 10.2. The lowest BCUT2D eigenvalue weighted by Crippen LogP contribution is -2.14. The fraction of sp³-hybridized carbons (Fsp3) is 0.111. The molecule has 9 heteroatoms. The average molecular weight is 386 g/mol. The summed E-state index contributed by atoms with van der Waals surface area (Å²) in [5.74, 6) is 0.0893.